The van der Waals surface area contributed by atoms with Gasteiger partial charge in [0.2, 0.25) is 0 Å². The molecule has 5 heteroatoms. The van der Waals surface area contributed by atoms with Crippen LogP contribution in [0.2, 0.25) is 0 Å². The maximum absolute atomic E-state index is 11.1. The average molecular weight is 282 g/mol. The van der Waals surface area contributed by atoms with Crippen molar-refractivity contribution in [3.63, 3.8) is 0 Å². The smallest absolute Gasteiger partial charge is 0.335 e. The summed E-state index contributed by atoms with van der Waals surface area (Å²) >= 11 is 1.91. The van der Waals surface area contributed by atoms with Crippen molar-refractivity contribution < 1.29 is 9.90 Å². The van der Waals surface area contributed by atoms with Gasteiger partial charge in [0.15, 0.2) is 0 Å². The van der Waals surface area contributed by atoms with Crippen LogP contribution in [-0.4, -0.2) is 33.6 Å². The Kier molecular flexibility index (Phi) is 6.70. The molecule has 0 saturated carbocycles. The highest BCUT2D eigenvalue weighted by atomic mass is 32.2. The van der Waals surface area contributed by atoms with Crippen LogP contribution in [0.5, 0.6) is 0 Å². The predicted octanol–water partition coefficient (Wildman–Crippen LogP) is 3.29. The summed E-state index contributed by atoms with van der Waals surface area (Å²) in [6.07, 6.45) is 1.77. The standard InChI is InChI=1S/C14H22N2O2S/c1-4-12-8-11(14(17)18)9-13(16-12)15-10(3)6-7-19-5-2/h8-10H,4-7H2,1-3H3,(H,15,16)(H,17,18). The number of carboxylic acid groups (broad SMARTS) is 1. The Morgan fingerprint density at radius 3 is 2.79 bits per heavy atom. The summed E-state index contributed by atoms with van der Waals surface area (Å²) in [5.74, 6) is 1.98. The van der Waals surface area contributed by atoms with E-state index in [-0.39, 0.29) is 0 Å². The number of aryl methyl sites for hydroxylation is 1. The molecule has 0 aliphatic carbocycles. The SMILES string of the molecule is CCSCCC(C)Nc1cc(C(=O)O)cc(CC)n1. The summed E-state index contributed by atoms with van der Waals surface area (Å²) in [4.78, 5) is 15.5. The second-order valence-corrected chi connectivity index (χ2v) is 5.82. The van der Waals surface area contributed by atoms with Crippen molar-refractivity contribution in [3.8, 4) is 0 Å². The van der Waals surface area contributed by atoms with E-state index in [0.29, 0.717) is 17.4 Å². The van der Waals surface area contributed by atoms with Gasteiger partial charge in [0.05, 0.1) is 5.56 Å². The number of anilines is 1. The average Bonchev–Trinajstić information content (AvgIpc) is 2.38. The van der Waals surface area contributed by atoms with Crippen LogP contribution in [0.15, 0.2) is 12.1 Å². The highest BCUT2D eigenvalue weighted by Gasteiger charge is 2.09. The Morgan fingerprint density at radius 2 is 2.21 bits per heavy atom. The van der Waals surface area contributed by atoms with Gasteiger partial charge in [-0.05, 0) is 43.4 Å². The molecule has 2 N–H and O–H groups in total. The molecule has 0 aliphatic rings. The molecule has 0 amide bonds. The Balaban J connectivity index is 2.71. The molecule has 0 radical (unpaired) electrons. The van der Waals surface area contributed by atoms with E-state index in [1.165, 1.54) is 0 Å². The lowest BCUT2D eigenvalue weighted by Crippen LogP contribution is -2.18. The first-order valence-corrected chi connectivity index (χ1v) is 7.80. The molecule has 0 fully saturated rings. The van der Waals surface area contributed by atoms with Crippen LogP contribution >= 0.6 is 11.8 Å². The lowest BCUT2D eigenvalue weighted by molar-refractivity contribution is 0.0696. The van der Waals surface area contributed by atoms with E-state index in [1.807, 2.05) is 18.7 Å². The summed E-state index contributed by atoms with van der Waals surface area (Å²) < 4.78 is 0. The number of thioether (sulfide) groups is 1. The fourth-order valence-corrected chi connectivity index (χ4v) is 2.50. The zero-order valence-corrected chi connectivity index (χ0v) is 12.6. The van der Waals surface area contributed by atoms with Crippen molar-refractivity contribution in [1.29, 1.82) is 0 Å². The van der Waals surface area contributed by atoms with E-state index < -0.39 is 5.97 Å². The second-order valence-electron chi connectivity index (χ2n) is 4.42. The van der Waals surface area contributed by atoms with Gasteiger partial charge in [-0.15, -0.1) is 0 Å². The van der Waals surface area contributed by atoms with Gasteiger partial charge >= 0.3 is 5.97 Å². The summed E-state index contributed by atoms with van der Waals surface area (Å²) in [6.45, 7) is 6.21. The van der Waals surface area contributed by atoms with Gasteiger partial charge < -0.3 is 10.4 Å². The van der Waals surface area contributed by atoms with Crippen LogP contribution in [-0.2, 0) is 6.42 Å². The number of rotatable bonds is 8. The van der Waals surface area contributed by atoms with Crippen LogP contribution in [0.3, 0.4) is 0 Å². The van der Waals surface area contributed by atoms with Gasteiger partial charge in [0.25, 0.3) is 0 Å². The number of hydrogen-bond acceptors (Lipinski definition) is 4. The van der Waals surface area contributed by atoms with Crippen LogP contribution in [0.1, 0.15) is 43.2 Å². The highest BCUT2D eigenvalue weighted by Crippen LogP contribution is 2.14. The number of pyridine rings is 1. The van der Waals surface area contributed by atoms with Gasteiger partial charge in [0, 0.05) is 11.7 Å². The van der Waals surface area contributed by atoms with Crippen molar-refractivity contribution in [2.45, 2.75) is 39.7 Å². The minimum absolute atomic E-state index is 0.292. The van der Waals surface area contributed by atoms with E-state index in [1.54, 1.807) is 12.1 Å². The molecule has 1 rings (SSSR count). The van der Waals surface area contributed by atoms with Gasteiger partial charge in [-0.25, -0.2) is 9.78 Å². The van der Waals surface area contributed by atoms with Crippen molar-refractivity contribution in [2.75, 3.05) is 16.8 Å². The number of hydrogen-bond donors (Lipinski definition) is 2. The minimum atomic E-state index is -0.908. The molecule has 1 unspecified atom stereocenters. The van der Waals surface area contributed by atoms with Crippen LogP contribution in [0, 0.1) is 0 Å². The second kappa shape index (κ2) is 8.04. The Hall–Kier alpha value is -1.23. The van der Waals surface area contributed by atoms with Crippen molar-refractivity contribution >= 4 is 23.5 Å². The Morgan fingerprint density at radius 1 is 1.47 bits per heavy atom. The third kappa shape index (κ3) is 5.51. The molecule has 106 valence electrons. The summed E-state index contributed by atoms with van der Waals surface area (Å²) in [6, 6.07) is 3.52. The monoisotopic (exact) mass is 282 g/mol. The minimum Gasteiger partial charge on any atom is -0.478 e. The number of carboxylic acids is 1. The molecule has 0 spiro atoms. The largest absolute Gasteiger partial charge is 0.478 e. The highest BCUT2D eigenvalue weighted by molar-refractivity contribution is 7.99. The van der Waals surface area contributed by atoms with Crippen molar-refractivity contribution in [1.82, 2.24) is 4.98 Å². The van der Waals surface area contributed by atoms with E-state index >= 15 is 0 Å². The first kappa shape index (κ1) is 15.8. The molecule has 19 heavy (non-hydrogen) atoms. The molecule has 1 aromatic rings. The lowest BCUT2D eigenvalue weighted by Gasteiger charge is -2.15. The molecule has 1 aromatic heterocycles. The summed E-state index contributed by atoms with van der Waals surface area (Å²) in [7, 11) is 0. The van der Waals surface area contributed by atoms with Gasteiger partial charge in [-0.3, -0.25) is 0 Å². The van der Waals surface area contributed by atoms with E-state index in [2.05, 4.69) is 24.1 Å². The Labute approximate surface area is 119 Å². The zero-order valence-electron chi connectivity index (χ0n) is 11.8. The van der Waals surface area contributed by atoms with E-state index in [9.17, 15) is 4.79 Å². The Bertz CT molecular complexity index is 424. The van der Waals surface area contributed by atoms with Gasteiger partial charge in [-0.2, -0.15) is 11.8 Å². The number of nitrogens with one attached hydrogen (secondary N) is 1. The molecule has 0 saturated heterocycles. The molecule has 0 bridgehead atoms. The third-order valence-electron chi connectivity index (χ3n) is 2.78. The molecular formula is C14H22N2O2S. The summed E-state index contributed by atoms with van der Waals surface area (Å²) in [5.41, 5.74) is 1.10. The third-order valence-corrected chi connectivity index (χ3v) is 3.71. The van der Waals surface area contributed by atoms with E-state index in [4.69, 9.17) is 5.11 Å². The fraction of sp³-hybridized carbons (Fsp3) is 0.571. The molecule has 1 heterocycles. The zero-order chi connectivity index (χ0) is 14.3. The number of aromatic carboxylic acids is 1. The molecular weight excluding hydrogens is 260 g/mol. The van der Waals surface area contributed by atoms with Crippen LogP contribution in [0.25, 0.3) is 0 Å². The van der Waals surface area contributed by atoms with Gasteiger partial charge in [0.1, 0.15) is 5.82 Å². The maximum Gasteiger partial charge on any atom is 0.335 e. The van der Waals surface area contributed by atoms with Crippen molar-refractivity contribution in [3.05, 3.63) is 23.4 Å². The van der Waals surface area contributed by atoms with Gasteiger partial charge in [-0.1, -0.05) is 13.8 Å². The quantitative estimate of drug-likeness (QED) is 0.716. The van der Waals surface area contributed by atoms with E-state index in [0.717, 1.165) is 30.0 Å². The number of carbonyl (C=O) groups is 1. The van der Waals surface area contributed by atoms with Crippen LogP contribution in [0.4, 0.5) is 5.82 Å². The number of aromatic nitrogens is 1. The first-order valence-electron chi connectivity index (χ1n) is 6.65. The predicted molar refractivity (Wildman–Crippen MR) is 81.3 cm³/mol. The fourth-order valence-electron chi connectivity index (χ4n) is 1.70. The molecule has 1 atom stereocenters. The molecule has 0 aliphatic heterocycles. The molecule has 4 nitrogen and oxygen atoms in total. The lowest BCUT2D eigenvalue weighted by atomic mass is 10.2. The van der Waals surface area contributed by atoms with Crippen molar-refractivity contribution in [2.24, 2.45) is 0 Å². The normalized spacial score (nSPS) is 12.2. The maximum atomic E-state index is 11.1. The first-order chi connectivity index (χ1) is 9.06. The topological polar surface area (TPSA) is 62.2 Å². The number of nitrogens with zero attached hydrogens (tertiary/aromatic N) is 1. The summed E-state index contributed by atoms with van der Waals surface area (Å²) in [5, 5.41) is 12.4. The molecule has 0 aromatic carbocycles. The van der Waals surface area contributed by atoms with Crippen LogP contribution < -0.4 is 5.32 Å².